The van der Waals surface area contributed by atoms with E-state index in [4.69, 9.17) is 9.94 Å². The molecule has 25 heavy (non-hydrogen) atoms. The lowest BCUT2D eigenvalue weighted by atomic mass is 10.1. The number of benzene rings is 2. The Labute approximate surface area is 146 Å². The molecule has 6 heteroatoms. The predicted octanol–water partition coefficient (Wildman–Crippen LogP) is 2.67. The molecule has 0 fully saturated rings. The minimum Gasteiger partial charge on any atom is -0.471 e. The quantitative estimate of drug-likeness (QED) is 0.391. The van der Waals surface area contributed by atoms with Crippen molar-refractivity contribution in [1.82, 2.24) is 10.8 Å². The Morgan fingerprint density at radius 2 is 1.76 bits per heavy atom. The molecule has 0 heterocycles. The molecule has 0 aliphatic heterocycles. The third-order valence-corrected chi connectivity index (χ3v) is 3.58. The number of hydrogen-bond donors (Lipinski definition) is 3. The van der Waals surface area contributed by atoms with Crippen LogP contribution in [0.2, 0.25) is 0 Å². The number of ether oxygens (including phenoxy) is 1. The normalized spacial score (nSPS) is 11.4. The molecule has 6 nitrogen and oxygen atoms in total. The van der Waals surface area contributed by atoms with E-state index in [-0.39, 0.29) is 5.91 Å². The van der Waals surface area contributed by atoms with Crippen molar-refractivity contribution < 1.29 is 19.5 Å². The Balaban J connectivity index is 1.95. The highest BCUT2D eigenvalue weighted by Gasteiger charge is 2.14. The van der Waals surface area contributed by atoms with Crippen molar-refractivity contribution in [2.45, 2.75) is 32.4 Å². The topological polar surface area (TPSA) is 87.7 Å². The molecule has 0 bridgehead atoms. The second kappa shape index (κ2) is 9.44. The summed E-state index contributed by atoms with van der Waals surface area (Å²) < 4.78 is 5.81. The monoisotopic (exact) mass is 342 g/mol. The van der Waals surface area contributed by atoms with Crippen LogP contribution in [0.15, 0.2) is 54.6 Å². The fourth-order valence-corrected chi connectivity index (χ4v) is 2.35. The molecule has 2 aromatic carbocycles. The first-order valence-electron chi connectivity index (χ1n) is 8.16. The van der Waals surface area contributed by atoms with E-state index < -0.39 is 12.1 Å². The molecule has 3 N–H and O–H groups in total. The Bertz CT molecular complexity index is 686. The Kier molecular flexibility index (Phi) is 6.98. The van der Waals surface area contributed by atoms with Crippen LogP contribution >= 0.6 is 0 Å². The lowest BCUT2D eigenvalue weighted by molar-refractivity contribution is -0.123. The molecule has 0 aromatic heterocycles. The first-order valence-corrected chi connectivity index (χ1v) is 8.16. The van der Waals surface area contributed by atoms with Crippen LogP contribution in [0.25, 0.3) is 0 Å². The molecule has 2 aromatic rings. The standard InChI is InChI=1S/C19H22N2O4/c1-2-6-18(20-17(22)13-14-7-4-3-5-8-14)25-16-11-9-15(10-12-16)19(23)21-24/h3-5,7-12,18,24H,2,6,13H2,1H3,(H,20,22)(H,21,23). The Morgan fingerprint density at radius 1 is 1.08 bits per heavy atom. The van der Waals surface area contributed by atoms with Crippen LogP contribution < -0.4 is 15.5 Å². The number of amides is 2. The molecule has 0 aliphatic rings. The Morgan fingerprint density at radius 3 is 2.36 bits per heavy atom. The summed E-state index contributed by atoms with van der Waals surface area (Å²) in [6.45, 7) is 2.01. The van der Waals surface area contributed by atoms with E-state index >= 15 is 0 Å². The van der Waals surface area contributed by atoms with Crippen molar-refractivity contribution in [2.75, 3.05) is 0 Å². The average Bonchev–Trinajstić information content (AvgIpc) is 2.62. The van der Waals surface area contributed by atoms with E-state index in [0.717, 1.165) is 12.0 Å². The van der Waals surface area contributed by atoms with Gasteiger partial charge in [-0.1, -0.05) is 43.7 Å². The van der Waals surface area contributed by atoms with Crippen LogP contribution in [0.4, 0.5) is 0 Å². The zero-order valence-corrected chi connectivity index (χ0v) is 14.1. The van der Waals surface area contributed by atoms with Crippen molar-refractivity contribution in [3.05, 3.63) is 65.7 Å². The van der Waals surface area contributed by atoms with Crippen LogP contribution in [0.5, 0.6) is 5.75 Å². The van der Waals surface area contributed by atoms with Gasteiger partial charge in [0.2, 0.25) is 5.91 Å². The van der Waals surface area contributed by atoms with Crippen LogP contribution in [-0.4, -0.2) is 23.2 Å². The van der Waals surface area contributed by atoms with Gasteiger partial charge in [-0.25, -0.2) is 5.48 Å². The lowest BCUT2D eigenvalue weighted by Crippen LogP contribution is -2.39. The van der Waals surface area contributed by atoms with Gasteiger partial charge in [-0.2, -0.15) is 0 Å². The molecule has 1 unspecified atom stereocenters. The summed E-state index contributed by atoms with van der Waals surface area (Å²) in [4.78, 5) is 23.5. The van der Waals surface area contributed by atoms with Gasteiger partial charge in [0.05, 0.1) is 6.42 Å². The molecule has 0 spiro atoms. The molecule has 2 rings (SSSR count). The molecule has 0 radical (unpaired) electrons. The SMILES string of the molecule is CCCC(NC(=O)Cc1ccccc1)Oc1ccc(C(=O)NO)cc1. The predicted molar refractivity (Wildman–Crippen MR) is 93.3 cm³/mol. The van der Waals surface area contributed by atoms with E-state index in [1.165, 1.54) is 12.1 Å². The molecular formula is C19H22N2O4. The number of carbonyl (C=O) groups is 2. The van der Waals surface area contributed by atoms with Gasteiger partial charge in [-0.05, 0) is 29.8 Å². The third-order valence-electron chi connectivity index (χ3n) is 3.58. The molecular weight excluding hydrogens is 320 g/mol. The largest absolute Gasteiger partial charge is 0.471 e. The average molecular weight is 342 g/mol. The minimum absolute atomic E-state index is 0.110. The summed E-state index contributed by atoms with van der Waals surface area (Å²) >= 11 is 0. The van der Waals surface area contributed by atoms with Gasteiger partial charge < -0.3 is 10.1 Å². The molecule has 0 aliphatic carbocycles. The maximum Gasteiger partial charge on any atom is 0.274 e. The second-order valence-electron chi connectivity index (χ2n) is 5.59. The van der Waals surface area contributed by atoms with Gasteiger partial charge in [0.15, 0.2) is 6.23 Å². The van der Waals surface area contributed by atoms with Crippen molar-refractivity contribution in [3.8, 4) is 5.75 Å². The summed E-state index contributed by atoms with van der Waals surface area (Å²) in [6.07, 6.45) is 1.36. The second-order valence-corrected chi connectivity index (χ2v) is 5.59. The summed E-state index contributed by atoms with van der Waals surface area (Å²) in [6, 6.07) is 15.8. The van der Waals surface area contributed by atoms with Gasteiger partial charge in [-0.15, -0.1) is 0 Å². The highest BCUT2D eigenvalue weighted by atomic mass is 16.5. The molecule has 0 saturated heterocycles. The van der Waals surface area contributed by atoms with E-state index in [0.29, 0.717) is 24.2 Å². The lowest BCUT2D eigenvalue weighted by Gasteiger charge is -2.20. The number of rotatable bonds is 8. The van der Waals surface area contributed by atoms with E-state index in [1.807, 2.05) is 37.3 Å². The smallest absolute Gasteiger partial charge is 0.274 e. The summed E-state index contributed by atoms with van der Waals surface area (Å²) in [7, 11) is 0. The molecule has 132 valence electrons. The zero-order valence-electron chi connectivity index (χ0n) is 14.1. The highest BCUT2D eigenvalue weighted by Crippen LogP contribution is 2.15. The van der Waals surface area contributed by atoms with Crippen LogP contribution in [0.3, 0.4) is 0 Å². The van der Waals surface area contributed by atoms with Gasteiger partial charge in [0, 0.05) is 12.0 Å². The van der Waals surface area contributed by atoms with Crippen LogP contribution in [-0.2, 0) is 11.2 Å². The zero-order chi connectivity index (χ0) is 18.1. The molecule has 2 amide bonds. The van der Waals surface area contributed by atoms with Gasteiger partial charge in [0.1, 0.15) is 5.75 Å². The highest BCUT2D eigenvalue weighted by molar-refractivity contribution is 5.93. The van der Waals surface area contributed by atoms with Crippen LogP contribution in [0, 0.1) is 0 Å². The third kappa shape index (κ3) is 5.93. The maximum atomic E-state index is 12.2. The summed E-state index contributed by atoms with van der Waals surface area (Å²) in [5, 5.41) is 11.5. The van der Waals surface area contributed by atoms with Gasteiger partial charge in [0.25, 0.3) is 5.91 Å². The summed E-state index contributed by atoms with van der Waals surface area (Å²) in [5.41, 5.74) is 2.83. The van der Waals surface area contributed by atoms with E-state index in [1.54, 1.807) is 17.6 Å². The van der Waals surface area contributed by atoms with Crippen molar-refractivity contribution in [1.29, 1.82) is 0 Å². The number of nitrogens with one attached hydrogen (secondary N) is 2. The molecule has 1 atom stereocenters. The van der Waals surface area contributed by atoms with Crippen molar-refractivity contribution >= 4 is 11.8 Å². The maximum absolute atomic E-state index is 12.2. The Hall–Kier alpha value is -2.86. The number of hydrogen-bond acceptors (Lipinski definition) is 4. The van der Waals surface area contributed by atoms with Crippen molar-refractivity contribution in [3.63, 3.8) is 0 Å². The molecule has 0 saturated carbocycles. The fraction of sp³-hybridized carbons (Fsp3) is 0.263. The van der Waals surface area contributed by atoms with E-state index in [2.05, 4.69) is 5.32 Å². The summed E-state index contributed by atoms with van der Waals surface area (Å²) in [5.74, 6) is -0.165. The van der Waals surface area contributed by atoms with Crippen LogP contribution in [0.1, 0.15) is 35.7 Å². The van der Waals surface area contributed by atoms with E-state index in [9.17, 15) is 9.59 Å². The number of carbonyl (C=O) groups excluding carboxylic acids is 2. The number of hydroxylamine groups is 1. The first kappa shape index (κ1) is 18.5. The minimum atomic E-state index is -0.590. The first-order chi connectivity index (χ1) is 12.1. The van der Waals surface area contributed by atoms with Gasteiger partial charge in [-0.3, -0.25) is 14.8 Å². The van der Waals surface area contributed by atoms with Gasteiger partial charge >= 0.3 is 0 Å². The fourth-order valence-electron chi connectivity index (χ4n) is 2.35. The van der Waals surface area contributed by atoms with Crippen molar-refractivity contribution in [2.24, 2.45) is 0 Å².